The smallest absolute Gasteiger partial charge is 0.219 e. The predicted molar refractivity (Wildman–Crippen MR) is 95.7 cm³/mol. The van der Waals surface area contributed by atoms with Crippen molar-refractivity contribution in [1.82, 2.24) is 15.6 Å². The molecule has 0 aliphatic rings. The van der Waals surface area contributed by atoms with Gasteiger partial charge in [-0.2, -0.15) is 0 Å². The summed E-state index contributed by atoms with van der Waals surface area (Å²) in [5, 5.41) is 6.31. The molecule has 0 bridgehead atoms. The Hall–Kier alpha value is -3.02. The summed E-state index contributed by atoms with van der Waals surface area (Å²) in [7, 11) is 3.36. The van der Waals surface area contributed by atoms with Crippen molar-refractivity contribution in [2.24, 2.45) is 4.99 Å². The summed E-state index contributed by atoms with van der Waals surface area (Å²) in [6.45, 7) is 4.94. The Bertz CT molecular complexity index is 666. The molecular formula is C18H22N4O2. The molecule has 1 aromatic heterocycles. The van der Waals surface area contributed by atoms with E-state index in [-0.39, 0.29) is 0 Å². The molecule has 0 atom stereocenters. The molecule has 6 heteroatoms. The van der Waals surface area contributed by atoms with E-state index in [4.69, 9.17) is 9.47 Å². The van der Waals surface area contributed by atoms with Crippen LogP contribution in [0.2, 0.25) is 0 Å². The van der Waals surface area contributed by atoms with E-state index < -0.39 is 0 Å². The molecule has 0 saturated carbocycles. The van der Waals surface area contributed by atoms with Gasteiger partial charge in [0, 0.05) is 32.4 Å². The van der Waals surface area contributed by atoms with Gasteiger partial charge in [0.05, 0.1) is 7.11 Å². The van der Waals surface area contributed by atoms with Gasteiger partial charge in [-0.15, -0.1) is 6.58 Å². The van der Waals surface area contributed by atoms with Crippen molar-refractivity contribution in [2.45, 2.75) is 6.54 Å². The van der Waals surface area contributed by atoms with Gasteiger partial charge in [0.2, 0.25) is 5.88 Å². The van der Waals surface area contributed by atoms with Crippen LogP contribution < -0.4 is 20.1 Å². The number of pyridine rings is 1. The van der Waals surface area contributed by atoms with E-state index in [0.717, 1.165) is 11.3 Å². The Morgan fingerprint density at radius 1 is 1.17 bits per heavy atom. The van der Waals surface area contributed by atoms with Crippen LogP contribution in [0, 0.1) is 0 Å². The molecule has 24 heavy (non-hydrogen) atoms. The number of aromatic nitrogens is 1. The number of methoxy groups -OCH3 is 1. The second kappa shape index (κ2) is 9.19. The van der Waals surface area contributed by atoms with Gasteiger partial charge in [0.25, 0.3) is 0 Å². The second-order valence-corrected chi connectivity index (χ2v) is 4.88. The zero-order valence-corrected chi connectivity index (χ0v) is 14.0. The van der Waals surface area contributed by atoms with Gasteiger partial charge < -0.3 is 20.1 Å². The molecule has 1 aromatic carbocycles. The summed E-state index contributed by atoms with van der Waals surface area (Å²) in [5.74, 6) is 2.75. The molecule has 0 amide bonds. The quantitative estimate of drug-likeness (QED) is 0.465. The molecule has 6 nitrogen and oxygen atoms in total. The summed E-state index contributed by atoms with van der Waals surface area (Å²) in [6, 6.07) is 11.2. The number of aliphatic imine (C=N–C) groups is 1. The lowest BCUT2D eigenvalue weighted by Crippen LogP contribution is -2.36. The normalized spacial score (nSPS) is 10.8. The van der Waals surface area contributed by atoms with Crippen LogP contribution in [0.15, 0.2) is 60.2 Å². The first-order chi connectivity index (χ1) is 11.7. The SMILES string of the molecule is C=CCNC(=NC)NCc1ccc(Oc2ccc(OC)cc2)nc1. The van der Waals surface area contributed by atoms with Crippen LogP contribution in [0.25, 0.3) is 0 Å². The maximum Gasteiger partial charge on any atom is 0.219 e. The number of nitrogens with zero attached hydrogens (tertiary/aromatic N) is 2. The second-order valence-electron chi connectivity index (χ2n) is 4.88. The maximum absolute atomic E-state index is 5.70. The number of hydrogen-bond donors (Lipinski definition) is 2. The third kappa shape index (κ3) is 5.31. The van der Waals surface area contributed by atoms with E-state index in [2.05, 4.69) is 27.2 Å². The van der Waals surface area contributed by atoms with Gasteiger partial charge in [0.1, 0.15) is 11.5 Å². The van der Waals surface area contributed by atoms with E-state index in [9.17, 15) is 0 Å². The molecule has 2 N–H and O–H groups in total. The Balaban J connectivity index is 1.88. The van der Waals surface area contributed by atoms with Crippen molar-refractivity contribution in [3.05, 3.63) is 60.8 Å². The minimum Gasteiger partial charge on any atom is -0.497 e. The number of rotatable bonds is 7. The summed E-state index contributed by atoms with van der Waals surface area (Å²) in [4.78, 5) is 8.43. The van der Waals surface area contributed by atoms with E-state index >= 15 is 0 Å². The minimum absolute atomic E-state index is 0.540. The number of hydrogen-bond acceptors (Lipinski definition) is 4. The lowest BCUT2D eigenvalue weighted by Gasteiger charge is -2.10. The Kier molecular flexibility index (Phi) is 6.64. The molecule has 2 aromatic rings. The van der Waals surface area contributed by atoms with Crippen molar-refractivity contribution in [1.29, 1.82) is 0 Å². The summed E-state index contributed by atoms with van der Waals surface area (Å²) in [5.41, 5.74) is 1.03. The molecule has 126 valence electrons. The third-order valence-electron chi connectivity index (χ3n) is 3.18. The monoisotopic (exact) mass is 326 g/mol. The topological polar surface area (TPSA) is 67.8 Å². The van der Waals surface area contributed by atoms with Crippen molar-refractivity contribution < 1.29 is 9.47 Å². The predicted octanol–water partition coefficient (Wildman–Crippen LogP) is 2.73. The summed E-state index contributed by atoms with van der Waals surface area (Å²) in [6.07, 6.45) is 3.55. The Morgan fingerprint density at radius 2 is 1.92 bits per heavy atom. The molecule has 0 aliphatic heterocycles. The number of nitrogens with one attached hydrogen (secondary N) is 2. The molecule has 0 spiro atoms. The number of guanidine groups is 1. The average Bonchev–Trinajstić information content (AvgIpc) is 2.64. The molecule has 0 fully saturated rings. The zero-order valence-electron chi connectivity index (χ0n) is 14.0. The van der Waals surface area contributed by atoms with Crippen LogP contribution in [-0.2, 0) is 6.54 Å². The highest BCUT2D eigenvalue weighted by atomic mass is 16.5. The lowest BCUT2D eigenvalue weighted by atomic mass is 10.3. The highest BCUT2D eigenvalue weighted by Gasteiger charge is 2.01. The van der Waals surface area contributed by atoms with Crippen LogP contribution >= 0.6 is 0 Å². The van der Waals surface area contributed by atoms with Crippen molar-refractivity contribution in [2.75, 3.05) is 20.7 Å². The number of benzene rings is 1. The first-order valence-electron chi connectivity index (χ1n) is 7.57. The van der Waals surface area contributed by atoms with Crippen LogP contribution in [-0.4, -0.2) is 31.6 Å². The van der Waals surface area contributed by atoms with Crippen molar-refractivity contribution in [3.63, 3.8) is 0 Å². The van der Waals surface area contributed by atoms with Gasteiger partial charge in [0.15, 0.2) is 5.96 Å². The Morgan fingerprint density at radius 3 is 2.50 bits per heavy atom. The van der Waals surface area contributed by atoms with E-state index in [1.807, 2.05) is 36.4 Å². The third-order valence-corrected chi connectivity index (χ3v) is 3.18. The first-order valence-corrected chi connectivity index (χ1v) is 7.57. The van der Waals surface area contributed by atoms with E-state index in [1.165, 1.54) is 0 Å². The molecular weight excluding hydrogens is 304 g/mol. The molecule has 1 heterocycles. The minimum atomic E-state index is 0.540. The molecule has 0 unspecified atom stereocenters. The molecule has 0 saturated heterocycles. The van der Waals surface area contributed by atoms with Crippen molar-refractivity contribution >= 4 is 5.96 Å². The fourth-order valence-electron chi connectivity index (χ4n) is 1.92. The van der Waals surface area contributed by atoms with Crippen molar-refractivity contribution in [3.8, 4) is 17.4 Å². The largest absolute Gasteiger partial charge is 0.497 e. The van der Waals surface area contributed by atoms with Gasteiger partial charge in [-0.1, -0.05) is 12.1 Å². The van der Waals surface area contributed by atoms with Gasteiger partial charge in [-0.3, -0.25) is 4.99 Å². The van der Waals surface area contributed by atoms with Gasteiger partial charge >= 0.3 is 0 Å². The van der Waals surface area contributed by atoms with Crippen LogP contribution in [0.4, 0.5) is 0 Å². The van der Waals surface area contributed by atoms with Gasteiger partial charge in [-0.25, -0.2) is 4.98 Å². The van der Waals surface area contributed by atoms with Crippen LogP contribution in [0.3, 0.4) is 0 Å². The highest BCUT2D eigenvalue weighted by Crippen LogP contribution is 2.22. The van der Waals surface area contributed by atoms with E-state index in [1.54, 1.807) is 26.4 Å². The lowest BCUT2D eigenvalue weighted by molar-refractivity contribution is 0.412. The number of ether oxygens (including phenoxy) is 2. The molecule has 0 aliphatic carbocycles. The Labute approximate surface area is 142 Å². The summed E-state index contributed by atoms with van der Waals surface area (Å²) >= 11 is 0. The highest BCUT2D eigenvalue weighted by molar-refractivity contribution is 5.79. The molecule has 0 radical (unpaired) electrons. The maximum atomic E-state index is 5.70. The van der Waals surface area contributed by atoms with Crippen LogP contribution in [0.1, 0.15) is 5.56 Å². The van der Waals surface area contributed by atoms with Gasteiger partial charge in [-0.05, 0) is 29.8 Å². The van der Waals surface area contributed by atoms with E-state index in [0.29, 0.717) is 30.7 Å². The zero-order chi connectivity index (χ0) is 17.2. The van der Waals surface area contributed by atoms with Crippen LogP contribution in [0.5, 0.6) is 17.4 Å². The fourth-order valence-corrected chi connectivity index (χ4v) is 1.92. The molecule has 2 rings (SSSR count). The summed E-state index contributed by atoms with van der Waals surface area (Å²) < 4.78 is 10.8. The first kappa shape index (κ1) is 17.3. The standard InChI is InChI=1S/C18H22N4O2/c1-4-11-20-18(19-2)22-13-14-5-10-17(21-12-14)24-16-8-6-15(23-3)7-9-16/h4-10,12H,1,11,13H2,2-3H3,(H2,19,20,22). The fraction of sp³-hybridized carbons (Fsp3) is 0.222. The average molecular weight is 326 g/mol.